The first-order valence-electron chi connectivity index (χ1n) is 7.29. The second kappa shape index (κ2) is 6.40. The Balaban J connectivity index is 2.18. The zero-order valence-electron chi connectivity index (χ0n) is 12.2. The third kappa shape index (κ3) is 2.95. The van der Waals surface area contributed by atoms with Gasteiger partial charge in [0.1, 0.15) is 6.04 Å². The molecule has 1 aliphatic heterocycles. The van der Waals surface area contributed by atoms with E-state index < -0.39 is 0 Å². The van der Waals surface area contributed by atoms with Gasteiger partial charge in [-0.15, -0.1) is 0 Å². The summed E-state index contributed by atoms with van der Waals surface area (Å²) in [5.74, 6) is -0.0589. The lowest BCUT2D eigenvalue weighted by atomic mass is 10.0. The lowest BCUT2D eigenvalue weighted by Crippen LogP contribution is -2.25. The Labute approximate surface area is 137 Å². The van der Waals surface area contributed by atoms with Gasteiger partial charge in [0.25, 0.3) is 0 Å². The second-order valence-electron chi connectivity index (χ2n) is 5.18. The maximum atomic E-state index is 12.4. The van der Waals surface area contributed by atoms with Crippen LogP contribution in [0.3, 0.4) is 0 Å². The van der Waals surface area contributed by atoms with Crippen LogP contribution < -0.4 is 5.32 Å². The summed E-state index contributed by atoms with van der Waals surface area (Å²) in [5, 5.41) is 2.98. The van der Waals surface area contributed by atoms with Crippen LogP contribution in [0.5, 0.6) is 0 Å². The SMILES string of the molecule is CCC[C@@H]1N=C(c2ccccn2)c2cc(Br)ccc2NC1=O. The van der Waals surface area contributed by atoms with Crippen LogP contribution in [0.4, 0.5) is 5.69 Å². The first kappa shape index (κ1) is 14.9. The fourth-order valence-electron chi connectivity index (χ4n) is 2.50. The Bertz CT molecular complexity index is 728. The number of aromatic nitrogens is 1. The summed E-state index contributed by atoms with van der Waals surface area (Å²) in [6.07, 6.45) is 3.36. The second-order valence-corrected chi connectivity index (χ2v) is 6.09. The maximum Gasteiger partial charge on any atom is 0.249 e. The summed E-state index contributed by atoms with van der Waals surface area (Å²) in [7, 11) is 0. The van der Waals surface area contributed by atoms with Crippen LogP contribution in [0, 0.1) is 0 Å². The molecule has 0 bridgehead atoms. The molecule has 2 heterocycles. The van der Waals surface area contributed by atoms with Gasteiger partial charge in [-0.3, -0.25) is 14.8 Å². The minimum atomic E-state index is -0.381. The van der Waals surface area contributed by atoms with E-state index in [1.54, 1.807) is 6.20 Å². The van der Waals surface area contributed by atoms with Crippen molar-refractivity contribution in [3.05, 3.63) is 58.3 Å². The number of anilines is 1. The number of carbonyl (C=O) groups is 1. The van der Waals surface area contributed by atoms with E-state index in [0.717, 1.165) is 40.0 Å². The Kier molecular flexibility index (Phi) is 4.34. The molecule has 1 atom stereocenters. The molecule has 0 saturated carbocycles. The highest BCUT2D eigenvalue weighted by atomic mass is 79.9. The van der Waals surface area contributed by atoms with Gasteiger partial charge in [0.2, 0.25) is 5.91 Å². The van der Waals surface area contributed by atoms with Gasteiger partial charge < -0.3 is 5.32 Å². The van der Waals surface area contributed by atoms with Crippen molar-refractivity contribution < 1.29 is 4.79 Å². The van der Waals surface area contributed by atoms with Gasteiger partial charge in [-0.25, -0.2) is 0 Å². The summed E-state index contributed by atoms with van der Waals surface area (Å²) < 4.78 is 0.943. The first-order valence-corrected chi connectivity index (χ1v) is 8.08. The molecule has 112 valence electrons. The summed E-state index contributed by atoms with van der Waals surface area (Å²) in [4.78, 5) is 21.5. The first-order chi connectivity index (χ1) is 10.7. The van der Waals surface area contributed by atoms with Crippen LogP contribution in [-0.4, -0.2) is 22.6 Å². The van der Waals surface area contributed by atoms with Crippen molar-refractivity contribution in [2.45, 2.75) is 25.8 Å². The molecule has 1 aromatic carbocycles. The van der Waals surface area contributed by atoms with Gasteiger partial charge in [0.05, 0.1) is 17.1 Å². The van der Waals surface area contributed by atoms with Gasteiger partial charge in [-0.1, -0.05) is 35.3 Å². The number of benzene rings is 1. The van der Waals surface area contributed by atoms with Gasteiger partial charge in [-0.2, -0.15) is 0 Å². The Morgan fingerprint density at radius 2 is 2.14 bits per heavy atom. The lowest BCUT2D eigenvalue weighted by Gasteiger charge is -2.09. The number of rotatable bonds is 3. The van der Waals surface area contributed by atoms with E-state index in [2.05, 4.69) is 33.2 Å². The topological polar surface area (TPSA) is 54.4 Å². The molecule has 3 rings (SSSR count). The number of nitrogens with one attached hydrogen (secondary N) is 1. The zero-order chi connectivity index (χ0) is 15.5. The number of pyridine rings is 1. The molecule has 0 spiro atoms. The molecule has 1 aliphatic rings. The highest BCUT2D eigenvalue weighted by Gasteiger charge is 2.25. The number of fused-ring (bicyclic) bond motifs is 1. The lowest BCUT2D eigenvalue weighted by molar-refractivity contribution is -0.117. The van der Waals surface area contributed by atoms with Gasteiger partial charge in [0.15, 0.2) is 0 Å². The monoisotopic (exact) mass is 357 g/mol. The molecule has 5 heteroatoms. The fourth-order valence-corrected chi connectivity index (χ4v) is 2.86. The highest BCUT2D eigenvalue weighted by molar-refractivity contribution is 9.10. The molecule has 1 amide bonds. The molecule has 0 radical (unpaired) electrons. The Morgan fingerprint density at radius 1 is 1.27 bits per heavy atom. The molecule has 1 aromatic heterocycles. The van der Waals surface area contributed by atoms with Crippen LogP contribution in [0.25, 0.3) is 0 Å². The predicted octanol–water partition coefficient (Wildman–Crippen LogP) is 3.80. The summed E-state index contributed by atoms with van der Waals surface area (Å²) in [6, 6.07) is 11.1. The number of benzodiazepines with no additional fused rings is 1. The van der Waals surface area contributed by atoms with E-state index in [9.17, 15) is 4.79 Å². The van der Waals surface area contributed by atoms with E-state index in [1.165, 1.54) is 0 Å². The highest BCUT2D eigenvalue weighted by Crippen LogP contribution is 2.27. The number of aliphatic imine (C=N–C) groups is 1. The van der Waals surface area contributed by atoms with Crippen molar-refractivity contribution in [2.75, 3.05) is 5.32 Å². The minimum Gasteiger partial charge on any atom is -0.324 e. The number of carbonyl (C=O) groups excluding carboxylic acids is 1. The normalized spacial score (nSPS) is 17.3. The standard InChI is InChI=1S/C17H16BrN3O/c1-2-5-15-17(22)21-13-8-7-11(18)10-12(13)16(20-15)14-6-3-4-9-19-14/h3-4,6-10,15H,2,5H2,1H3,(H,21,22)/t15-/m0/s1. The number of hydrogen-bond donors (Lipinski definition) is 1. The van der Waals surface area contributed by atoms with Crippen LogP contribution in [0.15, 0.2) is 52.1 Å². The maximum absolute atomic E-state index is 12.4. The minimum absolute atomic E-state index is 0.0589. The third-order valence-corrected chi connectivity index (χ3v) is 4.05. The number of amides is 1. The fraction of sp³-hybridized carbons (Fsp3) is 0.235. The van der Waals surface area contributed by atoms with E-state index >= 15 is 0 Å². The van der Waals surface area contributed by atoms with Crippen LogP contribution >= 0.6 is 15.9 Å². The molecule has 0 unspecified atom stereocenters. The van der Waals surface area contributed by atoms with E-state index in [-0.39, 0.29) is 11.9 Å². The number of hydrogen-bond acceptors (Lipinski definition) is 3. The van der Waals surface area contributed by atoms with Crippen molar-refractivity contribution in [3.63, 3.8) is 0 Å². The smallest absolute Gasteiger partial charge is 0.249 e. The van der Waals surface area contributed by atoms with Crippen molar-refractivity contribution in [3.8, 4) is 0 Å². The van der Waals surface area contributed by atoms with E-state index in [1.807, 2.05) is 36.4 Å². The van der Waals surface area contributed by atoms with Gasteiger partial charge >= 0.3 is 0 Å². The summed E-state index contributed by atoms with van der Waals surface area (Å²) >= 11 is 3.49. The molecule has 0 saturated heterocycles. The van der Waals surface area contributed by atoms with Crippen LogP contribution in [-0.2, 0) is 4.79 Å². The van der Waals surface area contributed by atoms with Crippen molar-refractivity contribution in [1.29, 1.82) is 0 Å². The number of halogens is 1. The molecule has 22 heavy (non-hydrogen) atoms. The molecule has 0 fully saturated rings. The molecule has 0 aliphatic carbocycles. The summed E-state index contributed by atoms with van der Waals surface area (Å²) in [6.45, 7) is 2.05. The molecule has 4 nitrogen and oxygen atoms in total. The predicted molar refractivity (Wildman–Crippen MR) is 91.3 cm³/mol. The largest absolute Gasteiger partial charge is 0.324 e. The van der Waals surface area contributed by atoms with Crippen molar-refractivity contribution >= 4 is 33.2 Å². The van der Waals surface area contributed by atoms with Gasteiger partial charge in [0, 0.05) is 16.2 Å². The average molecular weight is 358 g/mol. The zero-order valence-corrected chi connectivity index (χ0v) is 13.8. The number of nitrogens with zero attached hydrogens (tertiary/aromatic N) is 2. The van der Waals surface area contributed by atoms with Crippen LogP contribution in [0.2, 0.25) is 0 Å². The summed E-state index contributed by atoms with van der Waals surface area (Å²) in [5.41, 5.74) is 3.20. The van der Waals surface area contributed by atoms with E-state index in [0.29, 0.717) is 0 Å². The Hall–Kier alpha value is -2.01. The average Bonchev–Trinajstić information content (AvgIpc) is 2.66. The molecule has 1 N–H and O–H groups in total. The molecule has 2 aromatic rings. The molecular weight excluding hydrogens is 342 g/mol. The van der Waals surface area contributed by atoms with Gasteiger partial charge in [-0.05, 0) is 36.8 Å². The van der Waals surface area contributed by atoms with E-state index in [4.69, 9.17) is 4.99 Å². The van der Waals surface area contributed by atoms with Crippen LogP contribution in [0.1, 0.15) is 31.0 Å². The van der Waals surface area contributed by atoms with Crippen molar-refractivity contribution in [2.24, 2.45) is 4.99 Å². The quantitative estimate of drug-likeness (QED) is 0.907. The third-order valence-electron chi connectivity index (χ3n) is 3.55. The Morgan fingerprint density at radius 3 is 2.86 bits per heavy atom. The van der Waals surface area contributed by atoms with Crippen molar-refractivity contribution in [1.82, 2.24) is 4.98 Å². The molecular formula is C17H16BrN3O.